The maximum Gasteiger partial charge on any atom is 0.230 e. The summed E-state index contributed by atoms with van der Waals surface area (Å²) in [5.74, 6) is 1.70. The van der Waals surface area contributed by atoms with Crippen LogP contribution in [0.1, 0.15) is 37.5 Å². The van der Waals surface area contributed by atoms with Gasteiger partial charge in [0.1, 0.15) is 5.78 Å². The second kappa shape index (κ2) is 5.21. The van der Waals surface area contributed by atoms with Crippen LogP contribution in [0.5, 0.6) is 0 Å². The molecular weight excluding hydrogens is 310 g/mol. The summed E-state index contributed by atoms with van der Waals surface area (Å²) in [4.78, 5) is 19.7. The van der Waals surface area contributed by atoms with Crippen molar-refractivity contribution in [1.82, 2.24) is 15.1 Å². The molecule has 2 aromatic rings. The van der Waals surface area contributed by atoms with Gasteiger partial charge in [0, 0.05) is 41.2 Å². The fourth-order valence-corrected chi connectivity index (χ4v) is 2.60. The van der Waals surface area contributed by atoms with Crippen LogP contribution in [-0.2, 0) is 4.79 Å². The zero-order valence-corrected chi connectivity index (χ0v) is 11.8. The summed E-state index contributed by atoms with van der Waals surface area (Å²) in [6, 6.07) is 1.89. The first-order valence-electron chi connectivity index (χ1n) is 6.18. The lowest BCUT2D eigenvalue weighted by Gasteiger charge is -2.16. The Morgan fingerprint density at radius 3 is 2.79 bits per heavy atom. The Morgan fingerprint density at radius 2 is 2.05 bits per heavy atom. The Labute approximate surface area is 118 Å². The molecule has 19 heavy (non-hydrogen) atoms. The maximum absolute atomic E-state index is 11.2. The van der Waals surface area contributed by atoms with Gasteiger partial charge in [0.25, 0.3) is 0 Å². The van der Waals surface area contributed by atoms with Crippen molar-refractivity contribution in [3.63, 3.8) is 0 Å². The molecule has 0 unspecified atom stereocenters. The van der Waals surface area contributed by atoms with Crippen molar-refractivity contribution in [3.8, 4) is 11.4 Å². The first-order valence-corrected chi connectivity index (χ1v) is 6.98. The number of hydrogen-bond acceptors (Lipinski definition) is 5. The molecule has 0 amide bonds. The van der Waals surface area contributed by atoms with Gasteiger partial charge < -0.3 is 4.52 Å². The lowest BCUT2D eigenvalue weighted by Crippen LogP contribution is -2.12. The molecule has 1 aliphatic carbocycles. The summed E-state index contributed by atoms with van der Waals surface area (Å²) < 4.78 is 6.19. The number of rotatable bonds is 2. The summed E-state index contributed by atoms with van der Waals surface area (Å²) >= 11 is 3.36. The Kier molecular flexibility index (Phi) is 3.42. The van der Waals surface area contributed by atoms with E-state index in [1.165, 1.54) is 0 Å². The molecule has 1 saturated carbocycles. The van der Waals surface area contributed by atoms with Gasteiger partial charge in [-0.2, -0.15) is 4.98 Å². The Hall–Kier alpha value is -1.56. The van der Waals surface area contributed by atoms with Crippen LogP contribution in [0.4, 0.5) is 0 Å². The molecule has 0 radical (unpaired) electrons. The van der Waals surface area contributed by atoms with Gasteiger partial charge >= 0.3 is 0 Å². The van der Waals surface area contributed by atoms with E-state index in [-0.39, 0.29) is 5.92 Å². The molecule has 0 spiro atoms. The second-order valence-corrected chi connectivity index (χ2v) is 5.58. The van der Waals surface area contributed by atoms with Gasteiger partial charge in [-0.05, 0) is 34.8 Å². The SMILES string of the molecule is O=C1CCC(c2nc(-c3cncc(Br)c3)no2)CC1. The third-order valence-electron chi connectivity index (χ3n) is 3.30. The molecule has 3 rings (SSSR count). The average molecular weight is 322 g/mol. The molecule has 2 aromatic heterocycles. The molecule has 0 aromatic carbocycles. The zero-order chi connectivity index (χ0) is 13.2. The largest absolute Gasteiger partial charge is 0.339 e. The highest BCUT2D eigenvalue weighted by atomic mass is 79.9. The number of nitrogens with zero attached hydrogens (tertiary/aromatic N) is 3. The molecule has 2 heterocycles. The normalized spacial score (nSPS) is 16.8. The van der Waals surface area contributed by atoms with Crippen LogP contribution in [0.3, 0.4) is 0 Å². The highest BCUT2D eigenvalue weighted by molar-refractivity contribution is 9.10. The maximum atomic E-state index is 11.2. The van der Waals surface area contributed by atoms with E-state index in [9.17, 15) is 4.79 Å². The Bertz CT molecular complexity index is 601. The highest BCUT2D eigenvalue weighted by Gasteiger charge is 2.25. The highest BCUT2D eigenvalue weighted by Crippen LogP contribution is 2.31. The molecule has 1 aliphatic rings. The molecule has 5 nitrogen and oxygen atoms in total. The molecule has 0 N–H and O–H groups in total. The third-order valence-corrected chi connectivity index (χ3v) is 3.73. The third kappa shape index (κ3) is 2.73. The molecule has 0 atom stereocenters. The number of carbonyl (C=O) groups excluding carboxylic acids is 1. The molecule has 0 saturated heterocycles. The first-order chi connectivity index (χ1) is 9.22. The summed E-state index contributed by atoms with van der Waals surface area (Å²) in [5, 5.41) is 3.99. The monoisotopic (exact) mass is 321 g/mol. The van der Waals surface area contributed by atoms with Gasteiger partial charge in [-0.15, -0.1) is 0 Å². The minimum Gasteiger partial charge on any atom is -0.339 e. The predicted octanol–water partition coefficient (Wildman–Crippen LogP) is 3.12. The van der Waals surface area contributed by atoms with E-state index >= 15 is 0 Å². The Morgan fingerprint density at radius 1 is 1.26 bits per heavy atom. The first kappa shape index (κ1) is 12.5. The number of pyridine rings is 1. The van der Waals surface area contributed by atoms with Crippen molar-refractivity contribution in [3.05, 3.63) is 28.8 Å². The molecular formula is C13H12BrN3O2. The molecule has 6 heteroatoms. The summed E-state index contributed by atoms with van der Waals surface area (Å²) in [6.07, 6.45) is 6.23. The number of carbonyl (C=O) groups is 1. The fourth-order valence-electron chi connectivity index (χ4n) is 2.24. The van der Waals surface area contributed by atoms with E-state index in [0.717, 1.165) is 22.9 Å². The van der Waals surface area contributed by atoms with Crippen LogP contribution < -0.4 is 0 Å². The molecule has 1 fully saturated rings. The lowest BCUT2D eigenvalue weighted by atomic mass is 9.88. The van der Waals surface area contributed by atoms with E-state index in [2.05, 4.69) is 31.1 Å². The van der Waals surface area contributed by atoms with Gasteiger partial charge in [0.15, 0.2) is 0 Å². The lowest BCUT2D eigenvalue weighted by molar-refractivity contribution is -0.120. The summed E-state index contributed by atoms with van der Waals surface area (Å²) in [5.41, 5.74) is 0.816. The van der Waals surface area contributed by atoms with E-state index < -0.39 is 0 Å². The van der Waals surface area contributed by atoms with E-state index in [1.807, 2.05) is 6.07 Å². The van der Waals surface area contributed by atoms with E-state index in [4.69, 9.17) is 4.52 Å². The van der Waals surface area contributed by atoms with Crippen LogP contribution in [0, 0.1) is 0 Å². The summed E-state index contributed by atoms with van der Waals surface area (Å²) in [7, 11) is 0. The predicted molar refractivity (Wildman–Crippen MR) is 71.4 cm³/mol. The van der Waals surface area contributed by atoms with Gasteiger partial charge in [0.2, 0.25) is 11.7 Å². The molecule has 98 valence electrons. The van der Waals surface area contributed by atoms with Crippen molar-refractivity contribution >= 4 is 21.7 Å². The second-order valence-electron chi connectivity index (χ2n) is 4.66. The van der Waals surface area contributed by atoms with Crippen molar-refractivity contribution in [2.75, 3.05) is 0 Å². The quantitative estimate of drug-likeness (QED) is 0.850. The number of Topliss-reactive ketones (excluding diaryl/α,β-unsaturated/α-hetero) is 1. The van der Waals surface area contributed by atoms with Gasteiger partial charge in [-0.25, -0.2) is 0 Å². The zero-order valence-electron chi connectivity index (χ0n) is 10.2. The van der Waals surface area contributed by atoms with Crippen LogP contribution in [0.25, 0.3) is 11.4 Å². The van der Waals surface area contributed by atoms with Crippen molar-refractivity contribution in [2.45, 2.75) is 31.6 Å². The van der Waals surface area contributed by atoms with Crippen LogP contribution in [-0.4, -0.2) is 20.9 Å². The minimum absolute atomic E-state index is 0.207. The summed E-state index contributed by atoms with van der Waals surface area (Å²) in [6.45, 7) is 0. The molecule has 0 aliphatic heterocycles. The van der Waals surface area contributed by atoms with E-state index in [0.29, 0.717) is 30.3 Å². The molecule has 0 bridgehead atoms. The smallest absolute Gasteiger partial charge is 0.230 e. The number of aromatic nitrogens is 3. The Balaban J connectivity index is 1.81. The number of halogens is 1. The topological polar surface area (TPSA) is 68.9 Å². The van der Waals surface area contributed by atoms with Crippen LogP contribution in [0.15, 0.2) is 27.5 Å². The van der Waals surface area contributed by atoms with Gasteiger partial charge in [-0.1, -0.05) is 5.16 Å². The van der Waals surface area contributed by atoms with Crippen LogP contribution in [0.2, 0.25) is 0 Å². The van der Waals surface area contributed by atoms with Crippen molar-refractivity contribution in [1.29, 1.82) is 0 Å². The average Bonchev–Trinajstić information content (AvgIpc) is 2.89. The van der Waals surface area contributed by atoms with Crippen molar-refractivity contribution in [2.24, 2.45) is 0 Å². The standard InChI is InChI=1S/C13H12BrN3O2/c14-10-5-9(6-15-7-10)12-16-13(19-17-12)8-1-3-11(18)4-2-8/h5-8H,1-4H2. The minimum atomic E-state index is 0.207. The fraction of sp³-hybridized carbons (Fsp3) is 0.385. The van der Waals surface area contributed by atoms with Crippen LogP contribution >= 0.6 is 15.9 Å². The van der Waals surface area contributed by atoms with E-state index in [1.54, 1.807) is 12.4 Å². The number of hydrogen-bond donors (Lipinski definition) is 0. The van der Waals surface area contributed by atoms with Crippen molar-refractivity contribution < 1.29 is 9.32 Å². The number of ketones is 1. The van der Waals surface area contributed by atoms with Gasteiger partial charge in [0.05, 0.1) is 0 Å². The van der Waals surface area contributed by atoms with Gasteiger partial charge in [-0.3, -0.25) is 9.78 Å².